The fraction of sp³-hybridized carbons (Fsp3) is 0.478. The Morgan fingerprint density at radius 3 is 2.58 bits per heavy atom. The predicted molar refractivity (Wildman–Crippen MR) is 122 cm³/mol. The first-order valence-corrected chi connectivity index (χ1v) is 11.1. The number of Topliss-reactive ketones (excluding diaryl/α,β-unsaturated/α-hetero) is 1. The van der Waals surface area contributed by atoms with Crippen LogP contribution in [0.4, 0.5) is 4.39 Å². The SMILES string of the molecule is CC(C)C[C@H](NC(=O)/C=C/c1ccc(Cl)cc1F)C(=O)N[C@@H](C[C@@H]1CCNC1=O)C(=O)CO. The minimum Gasteiger partial charge on any atom is -0.389 e. The molecule has 10 heteroatoms. The van der Waals surface area contributed by atoms with Crippen LogP contribution in [0.1, 0.15) is 38.7 Å². The third kappa shape index (κ3) is 8.25. The van der Waals surface area contributed by atoms with Crippen molar-refractivity contribution < 1.29 is 28.7 Å². The van der Waals surface area contributed by atoms with Gasteiger partial charge in [-0.15, -0.1) is 0 Å². The first-order chi connectivity index (χ1) is 15.6. The number of carbonyl (C=O) groups is 4. The van der Waals surface area contributed by atoms with E-state index >= 15 is 0 Å². The smallest absolute Gasteiger partial charge is 0.244 e. The molecule has 1 fully saturated rings. The lowest BCUT2D eigenvalue weighted by Crippen LogP contribution is -2.52. The van der Waals surface area contributed by atoms with Gasteiger partial charge in [-0.3, -0.25) is 19.2 Å². The summed E-state index contributed by atoms with van der Waals surface area (Å²) in [6.07, 6.45) is 3.25. The Hall–Kier alpha value is -2.78. The first kappa shape index (κ1) is 26.5. The van der Waals surface area contributed by atoms with E-state index in [1.165, 1.54) is 18.2 Å². The summed E-state index contributed by atoms with van der Waals surface area (Å²) in [4.78, 5) is 49.4. The lowest BCUT2D eigenvalue weighted by Gasteiger charge is -2.24. The van der Waals surface area contributed by atoms with Gasteiger partial charge in [0.25, 0.3) is 0 Å². The van der Waals surface area contributed by atoms with Crippen molar-refractivity contribution >= 4 is 41.2 Å². The van der Waals surface area contributed by atoms with E-state index in [-0.39, 0.29) is 35.3 Å². The highest BCUT2D eigenvalue weighted by molar-refractivity contribution is 6.30. The van der Waals surface area contributed by atoms with Gasteiger partial charge in [0.2, 0.25) is 17.7 Å². The molecule has 1 saturated heterocycles. The molecule has 1 aliphatic heterocycles. The van der Waals surface area contributed by atoms with Crippen molar-refractivity contribution in [3.63, 3.8) is 0 Å². The minimum absolute atomic E-state index is 0.0337. The predicted octanol–water partition coefficient (Wildman–Crippen LogP) is 1.60. The van der Waals surface area contributed by atoms with Gasteiger partial charge in [0.1, 0.15) is 18.5 Å². The largest absolute Gasteiger partial charge is 0.389 e. The Labute approximate surface area is 196 Å². The van der Waals surface area contributed by atoms with Gasteiger partial charge in [0.05, 0.1) is 6.04 Å². The molecule has 0 saturated carbocycles. The van der Waals surface area contributed by atoms with Gasteiger partial charge in [-0.25, -0.2) is 4.39 Å². The molecule has 2 rings (SSSR count). The van der Waals surface area contributed by atoms with E-state index in [2.05, 4.69) is 16.0 Å². The molecule has 1 aliphatic rings. The second-order valence-electron chi connectivity index (χ2n) is 8.39. The van der Waals surface area contributed by atoms with Gasteiger partial charge >= 0.3 is 0 Å². The summed E-state index contributed by atoms with van der Waals surface area (Å²) in [5.74, 6) is -3.04. The second-order valence-corrected chi connectivity index (χ2v) is 8.82. The zero-order valence-electron chi connectivity index (χ0n) is 18.6. The van der Waals surface area contributed by atoms with E-state index < -0.39 is 48.0 Å². The van der Waals surface area contributed by atoms with Gasteiger partial charge in [0, 0.05) is 29.1 Å². The molecule has 1 aromatic rings. The maximum atomic E-state index is 13.9. The van der Waals surface area contributed by atoms with Crippen LogP contribution in [0.15, 0.2) is 24.3 Å². The highest BCUT2D eigenvalue weighted by atomic mass is 35.5. The number of aliphatic hydroxyl groups excluding tert-OH is 1. The highest BCUT2D eigenvalue weighted by Crippen LogP contribution is 2.18. The molecular formula is C23H29ClFN3O5. The van der Waals surface area contributed by atoms with Crippen molar-refractivity contribution in [2.24, 2.45) is 11.8 Å². The molecule has 1 aromatic carbocycles. The monoisotopic (exact) mass is 481 g/mol. The van der Waals surface area contributed by atoms with Gasteiger partial charge in [0.15, 0.2) is 5.78 Å². The fourth-order valence-corrected chi connectivity index (χ4v) is 3.69. The summed E-state index contributed by atoms with van der Waals surface area (Å²) < 4.78 is 13.9. The van der Waals surface area contributed by atoms with Crippen LogP contribution in [-0.2, 0) is 19.2 Å². The van der Waals surface area contributed by atoms with Crippen LogP contribution >= 0.6 is 11.6 Å². The van der Waals surface area contributed by atoms with Crippen LogP contribution in [0.5, 0.6) is 0 Å². The van der Waals surface area contributed by atoms with Gasteiger partial charge < -0.3 is 21.1 Å². The fourth-order valence-electron chi connectivity index (χ4n) is 3.53. The lowest BCUT2D eigenvalue weighted by molar-refractivity contribution is -0.132. The number of ketones is 1. The highest BCUT2D eigenvalue weighted by Gasteiger charge is 2.32. The van der Waals surface area contributed by atoms with Crippen LogP contribution in [0, 0.1) is 17.7 Å². The topological polar surface area (TPSA) is 125 Å². The Balaban J connectivity index is 2.08. The van der Waals surface area contributed by atoms with Crippen LogP contribution in [0.25, 0.3) is 6.08 Å². The minimum atomic E-state index is -1.05. The van der Waals surface area contributed by atoms with Crippen molar-refractivity contribution in [1.29, 1.82) is 0 Å². The quantitative estimate of drug-likeness (QED) is 0.357. The van der Waals surface area contributed by atoms with E-state index in [0.717, 1.165) is 12.1 Å². The van der Waals surface area contributed by atoms with E-state index in [9.17, 15) is 28.7 Å². The van der Waals surface area contributed by atoms with E-state index in [4.69, 9.17) is 11.6 Å². The molecule has 8 nitrogen and oxygen atoms in total. The zero-order valence-corrected chi connectivity index (χ0v) is 19.3. The number of benzene rings is 1. The summed E-state index contributed by atoms with van der Waals surface area (Å²) in [5, 5.41) is 17.3. The number of hydrogen-bond acceptors (Lipinski definition) is 5. The van der Waals surface area contributed by atoms with Crippen LogP contribution in [0.3, 0.4) is 0 Å². The summed E-state index contributed by atoms with van der Waals surface area (Å²) in [5.41, 5.74) is 0.155. The molecule has 0 aromatic heterocycles. The maximum absolute atomic E-state index is 13.9. The molecule has 180 valence electrons. The second kappa shape index (κ2) is 12.5. The van der Waals surface area contributed by atoms with Crippen molar-refractivity contribution in [2.75, 3.05) is 13.2 Å². The van der Waals surface area contributed by atoms with Crippen molar-refractivity contribution in [3.8, 4) is 0 Å². The molecule has 0 radical (unpaired) electrons. The Bertz CT molecular complexity index is 921. The van der Waals surface area contributed by atoms with Crippen LogP contribution in [-0.4, -0.2) is 53.8 Å². The van der Waals surface area contributed by atoms with E-state index in [0.29, 0.717) is 13.0 Å². The van der Waals surface area contributed by atoms with Crippen LogP contribution in [0.2, 0.25) is 5.02 Å². The van der Waals surface area contributed by atoms with E-state index in [1.54, 1.807) is 0 Å². The Morgan fingerprint density at radius 2 is 2.00 bits per heavy atom. The molecule has 0 unspecified atom stereocenters. The van der Waals surface area contributed by atoms with Gasteiger partial charge in [-0.2, -0.15) is 0 Å². The standard InChI is InChI=1S/C23H29ClFN3O5/c1-13(2)9-19(27-21(31)6-4-14-3-5-16(24)11-17(14)25)23(33)28-18(20(30)12-29)10-15-7-8-26-22(15)32/h3-6,11,13,15,18-19,29H,7-10,12H2,1-2H3,(H,26,32)(H,27,31)(H,28,33)/b6-4+/t15-,18-,19-/m0/s1. The lowest BCUT2D eigenvalue weighted by atomic mass is 9.95. The molecule has 0 bridgehead atoms. The van der Waals surface area contributed by atoms with E-state index in [1.807, 2.05) is 13.8 Å². The summed E-state index contributed by atoms with van der Waals surface area (Å²) in [7, 11) is 0. The molecular weight excluding hydrogens is 453 g/mol. The molecule has 0 spiro atoms. The summed E-state index contributed by atoms with van der Waals surface area (Å²) in [6.45, 7) is 3.44. The van der Waals surface area contributed by atoms with Crippen LogP contribution < -0.4 is 16.0 Å². The third-order valence-corrected chi connectivity index (χ3v) is 5.50. The number of rotatable bonds is 11. The normalized spacial score (nSPS) is 17.6. The summed E-state index contributed by atoms with van der Waals surface area (Å²) >= 11 is 5.72. The molecule has 4 N–H and O–H groups in total. The molecule has 3 atom stereocenters. The van der Waals surface area contributed by atoms with Gasteiger partial charge in [-0.1, -0.05) is 31.5 Å². The third-order valence-electron chi connectivity index (χ3n) is 5.26. The zero-order chi connectivity index (χ0) is 24.5. The van der Waals surface area contributed by atoms with Crippen molar-refractivity contribution in [3.05, 3.63) is 40.7 Å². The Kier molecular flexibility index (Phi) is 9.99. The number of aliphatic hydroxyl groups is 1. The average molecular weight is 482 g/mol. The van der Waals surface area contributed by atoms with Gasteiger partial charge in [-0.05, 0) is 43.4 Å². The number of hydrogen-bond donors (Lipinski definition) is 4. The molecule has 0 aliphatic carbocycles. The molecule has 3 amide bonds. The van der Waals surface area contributed by atoms with Crippen molar-refractivity contribution in [1.82, 2.24) is 16.0 Å². The first-order valence-electron chi connectivity index (χ1n) is 10.8. The molecule has 1 heterocycles. The number of halogens is 2. The number of nitrogens with one attached hydrogen (secondary N) is 3. The average Bonchev–Trinajstić information content (AvgIpc) is 3.15. The molecule has 33 heavy (non-hydrogen) atoms. The maximum Gasteiger partial charge on any atom is 0.244 e. The summed E-state index contributed by atoms with van der Waals surface area (Å²) in [6, 6.07) is 2.01. The number of amides is 3. The van der Waals surface area contributed by atoms with Crippen molar-refractivity contribution in [2.45, 2.75) is 45.2 Å². The Morgan fingerprint density at radius 1 is 1.27 bits per heavy atom. The number of carbonyl (C=O) groups excluding carboxylic acids is 4.